The summed E-state index contributed by atoms with van der Waals surface area (Å²) in [6, 6.07) is 5.89. The molecule has 18 heteroatoms. The molecule has 1 saturated carbocycles. The summed E-state index contributed by atoms with van der Waals surface area (Å²) in [7, 11) is -4.56. The normalized spacial score (nSPS) is 26.0. The molecular formula is C38H44Cl2FN5O9S. The molecule has 5 amide bonds. The minimum Gasteiger partial charge on any atom is -0.444 e. The highest BCUT2D eigenvalue weighted by molar-refractivity contribution is 7.90. The van der Waals surface area contributed by atoms with Crippen LogP contribution in [0.2, 0.25) is 10.0 Å². The maximum absolute atomic E-state index is 14.5. The first-order valence-corrected chi connectivity index (χ1v) is 20.6. The van der Waals surface area contributed by atoms with Gasteiger partial charge in [-0.1, -0.05) is 60.3 Å². The molecule has 5 atom stereocenters. The number of carbonyl (C=O) groups is 5. The van der Waals surface area contributed by atoms with Crippen molar-refractivity contribution in [3.05, 3.63) is 75.5 Å². The Kier molecular flexibility index (Phi) is 11.9. The molecule has 2 aromatic carbocycles. The Morgan fingerprint density at radius 2 is 1.82 bits per heavy atom. The van der Waals surface area contributed by atoms with E-state index in [1.807, 2.05) is 10.8 Å². The number of nitrogens with zero attached hydrogens (tertiary/aromatic N) is 2. The fourth-order valence-corrected chi connectivity index (χ4v) is 9.10. The van der Waals surface area contributed by atoms with Crippen LogP contribution in [0.15, 0.2) is 53.4 Å². The molecule has 4 aliphatic rings. The maximum atomic E-state index is 14.5. The van der Waals surface area contributed by atoms with E-state index in [0.717, 1.165) is 6.07 Å². The number of rotatable bonds is 5. The summed E-state index contributed by atoms with van der Waals surface area (Å²) in [6.45, 7) is 4.86. The quantitative estimate of drug-likeness (QED) is 0.335. The molecule has 6 rings (SSSR count). The van der Waals surface area contributed by atoms with Gasteiger partial charge in [-0.15, -0.1) is 0 Å². The zero-order valence-electron chi connectivity index (χ0n) is 31.1. The van der Waals surface area contributed by atoms with E-state index in [1.165, 1.54) is 28.0 Å². The highest BCUT2D eigenvalue weighted by Gasteiger charge is 2.62. The molecule has 14 nitrogen and oxygen atoms in total. The first kappa shape index (κ1) is 41.2. The summed E-state index contributed by atoms with van der Waals surface area (Å²) >= 11 is 12.2. The molecular weight excluding hydrogens is 792 g/mol. The zero-order valence-corrected chi connectivity index (χ0v) is 33.4. The second kappa shape index (κ2) is 16.2. The van der Waals surface area contributed by atoms with Crippen LogP contribution in [-0.2, 0) is 47.0 Å². The lowest BCUT2D eigenvalue weighted by Crippen LogP contribution is -2.58. The molecule has 0 aromatic heterocycles. The molecule has 302 valence electrons. The standard InChI is InChI=1S/C38H44Cl2FN5O9S/c1-37(2,3)55-35(50)42-29-13-8-6-4-5-7-11-23-18-38(23,34(49)44-56(52,53)31-16-24(39)14-15-27(31)40)43-32(47)30-17-25(20-46(30)33(29)48)54-36(51)45-19-22-10-9-12-28(41)26(22)21-45/h7,9-12,14-16,23,25,29-30H,4-6,8,13,17-21H2,1-3H3,(H,42,50)(H,43,47)(H,44,49)/b11-7-/t23-,25-,29+,30+,38-/m1/s1. The van der Waals surface area contributed by atoms with Gasteiger partial charge in [-0.05, 0) is 76.3 Å². The second-order valence-electron chi connectivity index (χ2n) is 15.5. The third kappa shape index (κ3) is 9.24. The number of amides is 5. The third-order valence-corrected chi connectivity index (χ3v) is 12.2. The predicted molar refractivity (Wildman–Crippen MR) is 202 cm³/mol. The number of alkyl carbamates (subject to hydrolysis) is 1. The van der Waals surface area contributed by atoms with Crippen molar-refractivity contribution in [3.63, 3.8) is 0 Å². The van der Waals surface area contributed by atoms with Gasteiger partial charge in [0.25, 0.3) is 15.9 Å². The summed E-state index contributed by atoms with van der Waals surface area (Å²) in [5.41, 5.74) is -1.60. The average Bonchev–Trinajstić information content (AvgIpc) is 3.41. The van der Waals surface area contributed by atoms with E-state index in [1.54, 1.807) is 39.0 Å². The number of ether oxygens (including phenoxy) is 2. The lowest BCUT2D eigenvalue weighted by molar-refractivity contribution is -0.141. The van der Waals surface area contributed by atoms with Crippen molar-refractivity contribution in [2.45, 2.75) is 113 Å². The smallest absolute Gasteiger partial charge is 0.410 e. The van der Waals surface area contributed by atoms with Crippen molar-refractivity contribution in [2.24, 2.45) is 5.92 Å². The lowest BCUT2D eigenvalue weighted by atomic mass is 10.0. The largest absolute Gasteiger partial charge is 0.444 e. The first-order chi connectivity index (χ1) is 26.4. The number of carbonyl (C=O) groups excluding carboxylic acids is 5. The van der Waals surface area contributed by atoms with Crippen LogP contribution < -0.4 is 15.4 Å². The zero-order chi connectivity index (χ0) is 40.6. The molecule has 0 spiro atoms. The van der Waals surface area contributed by atoms with Gasteiger partial charge in [0.1, 0.15) is 40.0 Å². The second-order valence-corrected chi connectivity index (χ2v) is 18.0. The van der Waals surface area contributed by atoms with Crippen molar-refractivity contribution in [3.8, 4) is 0 Å². The van der Waals surface area contributed by atoms with Gasteiger partial charge >= 0.3 is 12.2 Å². The van der Waals surface area contributed by atoms with Gasteiger partial charge in [0, 0.05) is 29.5 Å². The van der Waals surface area contributed by atoms with E-state index < -0.39 is 85.9 Å². The van der Waals surface area contributed by atoms with Gasteiger partial charge in [0.15, 0.2) is 0 Å². The Balaban J connectivity index is 1.27. The average molecular weight is 837 g/mol. The van der Waals surface area contributed by atoms with E-state index >= 15 is 0 Å². The van der Waals surface area contributed by atoms with Crippen LogP contribution in [0.3, 0.4) is 0 Å². The number of benzene rings is 2. The van der Waals surface area contributed by atoms with Crippen molar-refractivity contribution >= 4 is 63.1 Å². The molecule has 2 aromatic rings. The van der Waals surface area contributed by atoms with Crippen molar-refractivity contribution in [2.75, 3.05) is 6.54 Å². The molecule has 3 aliphatic heterocycles. The first-order valence-electron chi connectivity index (χ1n) is 18.4. The molecule has 0 radical (unpaired) electrons. The molecule has 0 bridgehead atoms. The van der Waals surface area contributed by atoms with Gasteiger partial charge in [0.2, 0.25) is 11.8 Å². The number of sulfonamides is 1. The summed E-state index contributed by atoms with van der Waals surface area (Å²) < 4.78 is 54.6. The van der Waals surface area contributed by atoms with Crippen LogP contribution in [-0.4, -0.2) is 84.0 Å². The summed E-state index contributed by atoms with van der Waals surface area (Å²) in [6.07, 6.45) is 3.59. The van der Waals surface area contributed by atoms with Crippen LogP contribution in [0.1, 0.15) is 76.8 Å². The van der Waals surface area contributed by atoms with Gasteiger partial charge in [-0.2, -0.15) is 0 Å². The van der Waals surface area contributed by atoms with Crippen molar-refractivity contribution in [1.82, 2.24) is 25.2 Å². The van der Waals surface area contributed by atoms with E-state index in [-0.39, 0.29) is 48.9 Å². The van der Waals surface area contributed by atoms with Crippen LogP contribution in [0, 0.1) is 11.7 Å². The molecule has 2 fully saturated rings. The SMILES string of the molecule is CC(C)(C)OC(=O)N[C@H]1CCCCC/C=C\[C@@H]2C[C@@]2(C(=O)NS(=O)(=O)c2cc(Cl)ccc2Cl)NC(=O)[C@@H]2C[C@@H](OC(=O)N3Cc4cccc(F)c4C3)CN2C1=O. The Hall–Kier alpha value is -4.41. The molecule has 1 aliphatic carbocycles. The Bertz CT molecular complexity index is 2060. The van der Waals surface area contributed by atoms with Crippen LogP contribution >= 0.6 is 23.2 Å². The summed E-state index contributed by atoms with van der Waals surface area (Å²) in [4.78, 5) is 71.1. The monoisotopic (exact) mass is 835 g/mol. The maximum Gasteiger partial charge on any atom is 0.410 e. The molecule has 0 unspecified atom stereocenters. The Morgan fingerprint density at radius 3 is 2.55 bits per heavy atom. The van der Waals surface area contributed by atoms with Crippen molar-refractivity contribution in [1.29, 1.82) is 0 Å². The highest BCUT2D eigenvalue weighted by atomic mass is 35.5. The van der Waals surface area contributed by atoms with E-state index in [2.05, 4.69) is 10.6 Å². The lowest BCUT2D eigenvalue weighted by Gasteiger charge is -2.30. The molecule has 3 N–H and O–H groups in total. The Morgan fingerprint density at radius 1 is 1.05 bits per heavy atom. The third-order valence-electron chi connectivity index (χ3n) is 10.2. The summed E-state index contributed by atoms with van der Waals surface area (Å²) in [5, 5.41) is 5.28. The molecule has 1 saturated heterocycles. The number of nitrogens with one attached hydrogen (secondary N) is 3. The van der Waals surface area contributed by atoms with Gasteiger partial charge < -0.3 is 25.0 Å². The van der Waals surface area contributed by atoms with Crippen LogP contribution in [0.4, 0.5) is 14.0 Å². The predicted octanol–water partition coefficient (Wildman–Crippen LogP) is 5.35. The van der Waals surface area contributed by atoms with Gasteiger partial charge in [-0.3, -0.25) is 19.3 Å². The summed E-state index contributed by atoms with van der Waals surface area (Å²) in [5.74, 6) is -3.51. The molecule has 3 heterocycles. The van der Waals surface area contributed by atoms with Crippen LogP contribution in [0.25, 0.3) is 0 Å². The topological polar surface area (TPSA) is 181 Å². The Labute approximate surface area is 334 Å². The highest BCUT2D eigenvalue weighted by Crippen LogP contribution is 2.46. The van der Waals surface area contributed by atoms with E-state index in [9.17, 15) is 36.8 Å². The van der Waals surface area contributed by atoms with Gasteiger partial charge in [0.05, 0.1) is 18.1 Å². The van der Waals surface area contributed by atoms with Gasteiger partial charge in [-0.25, -0.2) is 27.1 Å². The number of hydrogen-bond donors (Lipinski definition) is 3. The fourth-order valence-electron chi connectivity index (χ4n) is 7.29. The number of hydrogen-bond acceptors (Lipinski definition) is 9. The van der Waals surface area contributed by atoms with E-state index in [4.69, 9.17) is 32.7 Å². The number of halogens is 3. The van der Waals surface area contributed by atoms with Crippen molar-refractivity contribution < 1.29 is 46.3 Å². The minimum absolute atomic E-state index is 0.0299. The molecule has 56 heavy (non-hydrogen) atoms. The number of fused-ring (bicyclic) bond motifs is 3. The van der Waals surface area contributed by atoms with Crippen LogP contribution in [0.5, 0.6) is 0 Å². The number of allylic oxidation sites excluding steroid dienone is 1. The fraction of sp³-hybridized carbons (Fsp3) is 0.500. The minimum atomic E-state index is -4.56. The van der Waals surface area contributed by atoms with E-state index in [0.29, 0.717) is 36.8 Å².